The lowest BCUT2D eigenvalue weighted by atomic mass is 10.2. The van der Waals surface area contributed by atoms with Crippen LogP contribution in [-0.4, -0.2) is 28.7 Å². The van der Waals surface area contributed by atoms with Gasteiger partial charge in [-0.3, -0.25) is 4.98 Å². The molecular weight excluding hydrogens is 413 g/mol. The molecule has 0 amide bonds. The Balaban J connectivity index is 1.55. The van der Waals surface area contributed by atoms with Crippen molar-refractivity contribution < 1.29 is 12.8 Å². The Labute approximate surface area is 181 Å². The van der Waals surface area contributed by atoms with Gasteiger partial charge in [0.15, 0.2) is 9.84 Å². The molecule has 0 spiro atoms. The molecule has 0 fully saturated rings. The van der Waals surface area contributed by atoms with Crippen molar-refractivity contribution in [2.45, 2.75) is 50.5 Å². The number of benzene rings is 2. The molecule has 5 nitrogen and oxygen atoms in total. The van der Waals surface area contributed by atoms with Crippen LogP contribution in [0.3, 0.4) is 0 Å². The first-order valence-electron chi connectivity index (χ1n) is 10.7. The predicted octanol–water partition coefficient (Wildman–Crippen LogP) is 5.32. The Morgan fingerprint density at radius 3 is 2.52 bits per heavy atom. The highest BCUT2D eigenvalue weighted by atomic mass is 32.2. The number of hydrogen-bond donors (Lipinski definition) is 0. The van der Waals surface area contributed by atoms with Gasteiger partial charge >= 0.3 is 0 Å². The fourth-order valence-electron chi connectivity index (χ4n) is 3.90. The van der Waals surface area contributed by atoms with Crippen molar-refractivity contribution >= 4 is 31.8 Å². The molecule has 0 aliphatic carbocycles. The molecule has 4 aromatic rings. The molecule has 0 atom stereocenters. The third-order valence-corrected chi connectivity index (χ3v) is 7.35. The lowest BCUT2D eigenvalue weighted by Gasteiger charge is -2.11. The number of pyridine rings is 1. The van der Waals surface area contributed by atoms with E-state index in [4.69, 9.17) is 4.98 Å². The summed E-state index contributed by atoms with van der Waals surface area (Å²) in [4.78, 5) is 9.53. The van der Waals surface area contributed by atoms with Crippen molar-refractivity contribution in [1.29, 1.82) is 0 Å². The van der Waals surface area contributed by atoms with Crippen LogP contribution in [0.5, 0.6) is 0 Å². The first-order chi connectivity index (χ1) is 15.0. The highest BCUT2D eigenvalue weighted by Gasteiger charge is 2.16. The molecule has 0 saturated heterocycles. The highest BCUT2D eigenvalue weighted by Crippen LogP contribution is 2.26. The summed E-state index contributed by atoms with van der Waals surface area (Å²) in [6.07, 6.45) is 6.07. The number of fused-ring (bicyclic) bond motifs is 3. The number of nitrogens with zero attached hydrogens (tertiary/aromatic N) is 3. The number of halogens is 1. The quantitative estimate of drug-likeness (QED) is 0.261. The van der Waals surface area contributed by atoms with Crippen LogP contribution in [0.25, 0.3) is 21.9 Å². The Morgan fingerprint density at radius 1 is 0.968 bits per heavy atom. The summed E-state index contributed by atoms with van der Waals surface area (Å²) in [5.74, 6) is 0.626. The van der Waals surface area contributed by atoms with E-state index in [1.807, 2.05) is 24.4 Å². The molecule has 162 valence electrons. The van der Waals surface area contributed by atoms with Gasteiger partial charge in [0, 0.05) is 18.4 Å². The molecule has 0 radical (unpaired) electrons. The maximum Gasteiger partial charge on any atom is 0.178 e. The first kappa shape index (κ1) is 21.4. The molecule has 0 N–H and O–H groups in total. The highest BCUT2D eigenvalue weighted by molar-refractivity contribution is 7.91. The molecule has 2 heterocycles. The van der Waals surface area contributed by atoms with E-state index in [1.54, 1.807) is 0 Å². The van der Waals surface area contributed by atoms with Gasteiger partial charge in [0.25, 0.3) is 0 Å². The van der Waals surface area contributed by atoms with Gasteiger partial charge in [-0.2, -0.15) is 0 Å². The van der Waals surface area contributed by atoms with Gasteiger partial charge in [-0.05, 0) is 49.6 Å². The fourth-order valence-corrected chi connectivity index (χ4v) is 5.27. The molecular formula is C24H26FN3O2S. The average molecular weight is 440 g/mol. The largest absolute Gasteiger partial charge is 0.327 e. The van der Waals surface area contributed by atoms with Crippen molar-refractivity contribution in [3.8, 4) is 0 Å². The third-order valence-electron chi connectivity index (χ3n) is 5.53. The Hall–Kier alpha value is -2.80. The van der Waals surface area contributed by atoms with Crippen molar-refractivity contribution in [3.63, 3.8) is 0 Å². The summed E-state index contributed by atoms with van der Waals surface area (Å²) in [6, 6.07) is 13.1. The number of sulfone groups is 1. The van der Waals surface area contributed by atoms with Crippen LogP contribution in [0.1, 0.15) is 38.4 Å². The number of hydrogen-bond acceptors (Lipinski definition) is 4. The molecule has 31 heavy (non-hydrogen) atoms. The van der Waals surface area contributed by atoms with E-state index >= 15 is 0 Å². The van der Waals surface area contributed by atoms with E-state index in [2.05, 4.69) is 22.5 Å². The second-order valence-corrected chi connectivity index (χ2v) is 9.88. The lowest BCUT2D eigenvalue weighted by Crippen LogP contribution is -2.09. The van der Waals surface area contributed by atoms with E-state index in [0.717, 1.165) is 47.0 Å². The summed E-state index contributed by atoms with van der Waals surface area (Å²) >= 11 is 0. The molecule has 0 unspecified atom stereocenters. The van der Waals surface area contributed by atoms with Crippen LogP contribution >= 0.6 is 0 Å². The van der Waals surface area contributed by atoms with Crippen molar-refractivity contribution in [2.24, 2.45) is 0 Å². The van der Waals surface area contributed by atoms with Crippen LogP contribution in [-0.2, 0) is 22.8 Å². The fraction of sp³-hybridized carbons (Fsp3) is 0.333. The SMILES string of the molecule is CCCCc1nc2cnc3ccccc3c2n1CCCCS(=O)(=O)c1ccc(F)cc1. The van der Waals surface area contributed by atoms with Gasteiger partial charge in [-0.25, -0.2) is 17.8 Å². The van der Waals surface area contributed by atoms with Crippen molar-refractivity contribution in [1.82, 2.24) is 14.5 Å². The minimum Gasteiger partial charge on any atom is -0.327 e. The molecule has 0 saturated carbocycles. The number of unbranched alkanes of at least 4 members (excludes halogenated alkanes) is 2. The first-order valence-corrected chi connectivity index (χ1v) is 12.4. The summed E-state index contributed by atoms with van der Waals surface area (Å²) < 4.78 is 40.4. The van der Waals surface area contributed by atoms with Crippen LogP contribution in [0.4, 0.5) is 4.39 Å². The minimum atomic E-state index is -3.42. The van der Waals surface area contributed by atoms with Crippen LogP contribution < -0.4 is 0 Å². The van der Waals surface area contributed by atoms with Gasteiger partial charge in [0.05, 0.1) is 27.9 Å². The summed E-state index contributed by atoms with van der Waals surface area (Å²) in [6.45, 7) is 2.85. The summed E-state index contributed by atoms with van der Waals surface area (Å²) in [5, 5.41) is 1.06. The zero-order chi connectivity index (χ0) is 21.8. The molecule has 2 aromatic carbocycles. The third kappa shape index (κ3) is 4.61. The van der Waals surface area contributed by atoms with E-state index in [1.165, 1.54) is 24.3 Å². The van der Waals surface area contributed by atoms with E-state index in [9.17, 15) is 12.8 Å². The van der Waals surface area contributed by atoms with Crippen molar-refractivity contribution in [3.05, 3.63) is 66.4 Å². The van der Waals surface area contributed by atoms with Crippen LogP contribution in [0, 0.1) is 5.82 Å². The normalized spacial score (nSPS) is 12.1. The second kappa shape index (κ2) is 9.14. The van der Waals surface area contributed by atoms with E-state index in [-0.39, 0.29) is 10.6 Å². The van der Waals surface area contributed by atoms with Gasteiger partial charge in [0.1, 0.15) is 17.2 Å². The lowest BCUT2D eigenvalue weighted by molar-refractivity contribution is 0.577. The van der Waals surface area contributed by atoms with E-state index in [0.29, 0.717) is 19.4 Å². The minimum absolute atomic E-state index is 0.0395. The number of para-hydroxylation sites is 1. The van der Waals surface area contributed by atoms with Crippen LogP contribution in [0.15, 0.2) is 59.6 Å². The standard InChI is InChI=1S/C24H26FN3O2S/c1-2-3-10-23-27-22-17-26-21-9-5-4-8-20(21)24(22)28(23)15-6-7-16-31(29,30)19-13-11-18(25)12-14-19/h4-5,8-9,11-14,17H,2-3,6-7,10,15-16H2,1H3. The average Bonchev–Trinajstić information content (AvgIpc) is 3.13. The van der Waals surface area contributed by atoms with Crippen molar-refractivity contribution in [2.75, 3.05) is 5.75 Å². The smallest absolute Gasteiger partial charge is 0.178 e. The van der Waals surface area contributed by atoms with Gasteiger partial charge in [-0.15, -0.1) is 0 Å². The van der Waals surface area contributed by atoms with E-state index < -0.39 is 15.7 Å². The van der Waals surface area contributed by atoms with Crippen LogP contribution in [0.2, 0.25) is 0 Å². The predicted molar refractivity (Wildman–Crippen MR) is 121 cm³/mol. The molecule has 0 bridgehead atoms. The van der Waals surface area contributed by atoms with Gasteiger partial charge in [0.2, 0.25) is 0 Å². The van der Waals surface area contributed by atoms with Gasteiger partial charge in [-0.1, -0.05) is 31.5 Å². The zero-order valence-corrected chi connectivity index (χ0v) is 18.4. The molecule has 0 aliphatic rings. The number of imidazole rings is 1. The van der Waals surface area contributed by atoms with Gasteiger partial charge < -0.3 is 4.57 Å². The Morgan fingerprint density at radius 2 is 1.74 bits per heavy atom. The zero-order valence-electron chi connectivity index (χ0n) is 17.6. The summed E-state index contributed by atoms with van der Waals surface area (Å²) in [7, 11) is -3.42. The Kier molecular flexibility index (Phi) is 6.32. The second-order valence-electron chi connectivity index (χ2n) is 7.77. The maximum atomic E-state index is 13.1. The molecule has 2 aromatic heterocycles. The Bertz CT molecular complexity index is 1300. The summed E-state index contributed by atoms with van der Waals surface area (Å²) in [5.41, 5.74) is 2.87. The number of aromatic nitrogens is 3. The molecule has 4 rings (SSSR count). The maximum absolute atomic E-state index is 13.1. The topological polar surface area (TPSA) is 64.8 Å². The molecule has 7 heteroatoms. The number of aryl methyl sites for hydroxylation is 2. The monoisotopic (exact) mass is 439 g/mol. The molecule has 0 aliphatic heterocycles. The number of rotatable bonds is 9.